The average Bonchev–Trinajstić information content (AvgIpc) is 2.89. The highest BCUT2D eigenvalue weighted by Gasteiger charge is 2.37. The van der Waals surface area contributed by atoms with Crippen molar-refractivity contribution in [3.05, 3.63) is 23.5 Å². The third kappa shape index (κ3) is 2.10. The van der Waals surface area contributed by atoms with Crippen LogP contribution in [0.4, 0.5) is 15.8 Å². The van der Waals surface area contributed by atoms with E-state index in [4.69, 9.17) is 15.6 Å². The van der Waals surface area contributed by atoms with Crippen LogP contribution in [0.25, 0.3) is 0 Å². The Bertz CT molecular complexity index is 549. The second-order valence-corrected chi connectivity index (χ2v) is 5.30. The van der Waals surface area contributed by atoms with Crippen molar-refractivity contribution >= 4 is 17.3 Å². The molecule has 5 nitrogen and oxygen atoms in total. The minimum Gasteiger partial charge on any atom is -0.478 e. The van der Waals surface area contributed by atoms with E-state index in [1.807, 2.05) is 0 Å². The number of hydrogen-bond donors (Lipinski definition) is 2. The van der Waals surface area contributed by atoms with Crippen molar-refractivity contribution in [3.8, 4) is 0 Å². The van der Waals surface area contributed by atoms with Gasteiger partial charge in [-0.25, -0.2) is 9.18 Å². The number of fused-ring (bicyclic) bond motifs is 1. The molecule has 1 aliphatic carbocycles. The monoisotopic (exact) mass is 280 g/mol. The number of morpholine rings is 1. The molecule has 0 spiro atoms. The highest BCUT2D eigenvalue weighted by atomic mass is 19.1. The van der Waals surface area contributed by atoms with Gasteiger partial charge in [0.05, 0.1) is 35.7 Å². The number of nitrogens with zero attached hydrogens (tertiary/aromatic N) is 1. The summed E-state index contributed by atoms with van der Waals surface area (Å²) in [5, 5.41) is 8.91. The lowest BCUT2D eigenvalue weighted by atomic mass is 10.1. The minimum absolute atomic E-state index is 0.172. The molecular formula is C14H17FN2O3. The lowest BCUT2D eigenvalue weighted by molar-refractivity contribution is 0.0256. The van der Waals surface area contributed by atoms with Crippen LogP contribution in [-0.4, -0.2) is 36.4 Å². The number of anilines is 2. The Kier molecular flexibility index (Phi) is 3.25. The van der Waals surface area contributed by atoms with E-state index in [9.17, 15) is 9.18 Å². The largest absolute Gasteiger partial charge is 0.478 e. The van der Waals surface area contributed by atoms with E-state index >= 15 is 0 Å². The van der Waals surface area contributed by atoms with Gasteiger partial charge < -0.3 is 20.5 Å². The number of benzene rings is 1. The molecule has 2 unspecified atom stereocenters. The Morgan fingerprint density at radius 3 is 3.00 bits per heavy atom. The molecule has 6 heteroatoms. The number of rotatable bonds is 2. The SMILES string of the molecule is Nc1cc(C(=O)O)c(F)cc1N1CCOC2CCCC21. The molecule has 2 fully saturated rings. The summed E-state index contributed by atoms with van der Waals surface area (Å²) in [5.74, 6) is -2.05. The minimum atomic E-state index is -1.30. The molecule has 3 N–H and O–H groups in total. The summed E-state index contributed by atoms with van der Waals surface area (Å²) in [6.07, 6.45) is 3.26. The van der Waals surface area contributed by atoms with Gasteiger partial charge in [-0.1, -0.05) is 0 Å². The van der Waals surface area contributed by atoms with Gasteiger partial charge in [0.1, 0.15) is 5.82 Å². The summed E-state index contributed by atoms with van der Waals surface area (Å²) in [5.41, 5.74) is 6.42. The molecular weight excluding hydrogens is 263 g/mol. The van der Waals surface area contributed by atoms with Gasteiger partial charge in [-0.15, -0.1) is 0 Å². The topological polar surface area (TPSA) is 75.8 Å². The van der Waals surface area contributed by atoms with Crippen molar-refractivity contribution < 1.29 is 19.0 Å². The van der Waals surface area contributed by atoms with Crippen LogP contribution in [0.1, 0.15) is 29.6 Å². The molecule has 0 bridgehead atoms. The van der Waals surface area contributed by atoms with Crippen LogP contribution < -0.4 is 10.6 Å². The standard InChI is InChI=1S/C14H17FN2O3/c15-9-7-12(10(16)6-8(9)14(18)19)17-4-5-20-13-3-1-2-11(13)17/h6-7,11,13H,1-5,16H2,(H,18,19). The predicted octanol–water partition coefficient (Wildman–Crippen LogP) is 1.86. The van der Waals surface area contributed by atoms with Crippen molar-refractivity contribution in [3.63, 3.8) is 0 Å². The Morgan fingerprint density at radius 1 is 1.45 bits per heavy atom. The first kappa shape index (κ1) is 13.2. The third-order valence-corrected chi connectivity index (χ3v) is 4.14. The molecule has 2 aliphatic rings. The highest BCUT2D eigenvalue weighted by molar-refractivity contribution is 5.91. The van der Waals surface area contributed by atoms with Gasteiger partial charge in [-0.2, -0.15) is 0 Å². The molecule has 0 radical (unpaired) electrons. The van der Waals surface area contributed by atoms with Gasteiger partial charge in [0.2, 0.25) is 0 Å². The second-order valence-electron chi connectivity index (χ2n) is 5.30. The van der Waals surface area contributed by atoms with Crippen LogP contribution in [0.2, 0.25) is 0 Å². The van der Waals surface area contributed by atoms with E-state index in [0.717, 1.165) is 19.3 Å². The fourth-order valence-electron chi connectivity index (χ4n) is 3.22. The molecule has 1 saturated heterocycles. The molecule has 0 amide bonds. The maximum atomic E-state index is 13.9. The first-order valence-corrected chi connectivity index (χ1v) is 6.78. The van der Waals surface area contributed by atoms with Gasteiger partial charge in [0.25, 0.3) is 0 Å². The molecule has 1 aromatic carbocycles. The number of halogens is 1. The van der Waals surface area contributed by atoms with Crippen molar-refractivity contribution in [2.45, 2.75) is 31.4 Å². The van der Waals surface area contributed by atoms with E-state index in [2.05, 4.69) is 4.90 Å². The van der Waals surface area contributed by atoms with Gasteiger partial charge >= 0.3 is 5.97 Å². The first-order valence-electron chi connectivity index (χ1n) is 6.78. The van der Waals surface area contributed by atoms with Crippen LogP contribution in [-0.2, 0) is 4.74 Å². The van der Waals surface area contributed by atoms with Crippen LogP contribution in [0.5, 0.6) is 0 Å². The lowest BCUT2D eigenvalue weighted by Crippen LogP contribution is -2.49. The van der Waals surface area contributed by atoms with Crippen LogP contribution in [0.15, 0.2) is 12.1 Å². The first-order chi connectivity index (χ1) is 9.58. The number of aromatic carboxylic acids is 1. The maximum Gasteiger partial charge on any atom is 0.338 e. The predicted molar refractivity (Wildman–Crippen MR) is 72.5 cm³/mol. The second kappa shape index (κ2) is 4.94. The van der Waals surface area contributed by atoms with Crippen LogP contribution in [0.3, 0.4) is 0 Å². The van der Waals surface area contributed by atoms with Crippen molar-refractivity contribution in [2.75, 3.05) is 23.8 Å². The summed E-state index contributed by atoms with van der Waals surface area (Å²) < 4.78 is 19.6. The molecule has 1 heterocycles. The molecule has 3 rings (SSSR count). The van der Waals surface area contributed by atoms with Crippen molar-refractivity contribution in [2.24, 2.45) is 0 Å². The Morgan fingerprint density at radius 2 is 2.25 bits per heavy atom. The summed E-state index contributed by atoms with van der Waals surface area (Å²) in [6.45, 7) is 1.24. The number of carboxylic acid groups (broad SMARTS) is 1. The van der Waals surface area contributed by atoms with Gasteiger partial charge in [0.15, 0.2) is 0 Å². The molecule has 0 aromatic heterocycles. The number of carbonyl (C=O) groups is 1. The Hall–Kier alpha value is -1.82. The lowest BCUT2D eigenvalue weighted by Gasteiger charge is -2.40. The van der Waals surface area contributed by atoms with Crippen molar-refractivity contribution in [1.82, 2.24) is 0 Å². The van der Waals surface area contributed by atoms with E-state index in [1.54, 1.807) is 0 Å². The molecule has 1 saturated carbocycles. The molecule has 1 aromatic rings. The number of hydrogen-bond acceptors (Lipinski definition) is 4. The quantitative estimate of drug-likeness (QED) is 0.809. The van der Waals surface area contributed by atoms with Crippen LogP contribution >= 0.6 is 0 Å². The third-order valence-electron chi connectivity index (χ3n) is 4.14. The normalized spacial score (nSPS) is 25.6. The smallest absolute Gasteiger partial charge is 0.338 e. The summed E-state index contributed by atoms with van der Waals surface area (Å²) >= 11 is 0. The van der Waals surface area contributed by atoms with Gasteiger partial charge in [-0.3, -0.25) is 0 Å². The Balaban J connectivity index is 1.97. The number of ether oxygens (including phenoxy) is 1. The zero-order valence-electron chi connectivity index (χ0n) is 11.0. The summed E-state index contributed by atoms with van der Waals surface area (Å²) in [7, 11) is 0. The van der Waals surface area contributed by atoms with Crippen molar-refractivity contribution in [1.29, 1.82) is 0 Å². The fourth-order valence-corrected chi connectivity index (χ4v) is 3.22. The average molecular weight is 280 g/mol. The van der Waals surface area contributed by atoms with E-state index in [-0.39, 0.29) is 17.7 Å². The number of carboxylic acids is 1. The number of nitrogens with two attached hydrogens (primary N) is 1. The van der Waals surface area contributed by atoms with Gasteiger partial charge in [-0.05, 0) is 25.3 Å². The highest BCUT2D eigenvalue weighted by Crippen LogP contribution is 2.36. The summed E-state index contributed by atoms with van der Waals surface area (Å²) in [6, 6.07) is 2.65. The van der Waals surface area contributed by atoms with E-state index in [1.165, 1.54) is 12.1 Å². The molecule has 1 aliphatic heterocycles. The molecule has 2 atom stereocenters. The molecule has 20 heavy (non-hydrogen) atoms. The van der Waals surface area contributed by atoms with E-state index in [0.29, 0.717) is 24.5 Å². The van der Waals surface area contributed by atoms with Gasteiger partial charge in [0, 0.05) is 12.6 Å². The van der Waals surface area contributed by atoms with E-state index < -0.39 is 11.8 Å². The molecule has 108 valence electrons. The Labute approximate surface area is 116 Å². The zero-order chi connectivity index (χ0) is 14.3. The zero-order valence-corrected chi connectivity index (χ0v) is 11.0. The fraction of sp³-hybridized carbons (Fsp3) is 0.500. The maximum absolute atomic E-state index is 13.9. The van der Waals surface area contributed by atoms with Crippen LogP contribution in [0, 0.1) is 5.82 Å². The summed E-state index contributed by atoms with van der Waals surface area (Å²) in [4.78, 5) is 13.0. The number of nitrogen functional groups attached to an aromatic ring is 1.